The molecule has 12 nitrogen and oxygen atoms in total. The van der Waals surface area contributed by atoms with Gasteiger partial charge in [0.15, 0.2) is 0 Å². The SMILES string of the molecule is Cc1ccc2c(NS(=O)(=O)Cc3ccccc3C#N)c(F)ccc2c1Oc1ncccc1-c1ccnc(NC2CCCN(C(=O)O)C2)n1. The van der Waals surface area contributed by atoms with Gasteiger partial charge in [-0.05, 0) is 67.3 Å². The Kier molecular flexibility index (Phi) is 9.04. The summed E-state index contributed by atoms with van der Waals surface area (Å²) in [7, 11) is -4.13. The highest BCUT2D eigenvalue weighted by Crippen LogP contribution is 2.40. The Morgan fingerprint density at radius 3 is 2.71 bits per heavy atom. The average molecular weight is 668 g/mol. The van der Waals surface area contributed by atoms with E-state index in [0.29, 0.717) is 52.6 Å². The van der Waals surface area contributed by atoms with Crippen LogP contribution >= 0.6 is 0 Å². The molecule has 1 fully saturated rings. The minimum Gasteiger partial charge on any atom is -0.465 e. The molecule has 14 heteroatoms. The molecule has 3 heterocycles. The van der Waals surface area contributed by atoms with Crippen LogP contribution in [0, 0.1) is 24.1 Å². The van der Waals surface area contributed by atoms with Gasteiger partial charge in [0.1, 0.15) is 11.6 Å². The Labute approximate surface area is 275 Å². The molecule has 0 radical (unpaired) electrons. The molecule has 1 amide bonds. The number of nitrogens with zero attached hydrogens (tertiary/aromatic N) is 5. The highest BCUT2D eigenvalue weighted by Gasteiger charge is 2.24. The first kappa shape index (κ1) is 32.1. The van der Waals surface area contributed by atoms with Gasteiger partial charge < -0.3 is 20.1 Å². The first-order valence-corrected chi connectivity index (χ1v) is 16.7. The molecule has 244 valence electrons. The molecular weight excluding hydrogens is 637 g/mol. The molecule has 6 rings (SSSR count). The molecule has 2 aromatic heterocycles. The van der Waals surface area contributed by atoms with Gasteiger partial charge in [-0.25, -0.2) is 32.6 Å². The first-order chi connectivity index (χ1) is 23.1. The topological polar surface area (TPSA) is 170 Å². The smallest absolute Gasteiger partial charge is 0.407 e. The zero-order valence-electron chi connectivity index (χ0n) is 25.7. The van der Waals surface area contributed by atoms with Gasteiger partial charge in [0.25, 0.3) is 0 Å². The lowest BCUT2D eigenvalue weighted by Gasteiger charge is -2.31. The number of pyridine rings is 1. The summed E-state index contributed by atoms with van der Waals surface area (Å²) in [6, 6.07) is 19.3. The fourth-order valence-electron chi connectivity index (χ4n) is 5.64. The molecule has 1 aliphatic rings. The number of amides is 1. The second-order valence-corrected chi connectivity index (χ2v) is 13.0. The van der Waals surface area contributed by atoms with Crippen LogP contribution < -0.4 is 14.8 Å². The number of aromatic nitrogens is 3. The summed E-state index contributed by atoms with van der Waals surface area (Å²) < 4.78 is 50.4. The predicted octanol–water partition coefficient (Wildman–Crippen LogP) is 6.30. The van der Waals surface area contributed by atoms with E-state index < -0.39 is 27.7 Å². The van der Waals surface area contributed by atoms with Gasteiger partial charge >= 0.3 is 6.09 Å². The standard InChI is InChI=1S/C34H30FN7O5S/c1-21-10-11-25-26(12-13-28(35)30(25)41-48(45,46)20-23-7-3-2-6-22(23)18-36)31(21)47-32-27(9-4-15-37-32)29-14-16-38-33(40-29)39-24-8-5-17-42(19-24)34(43)44/h2-4,6-7,9-16,24,41H,5,8,17,19-20H2,1H3,(H,43,44)(H,38,39,40). The van der Waals surface area contributed by atoms with Gasteiger partial charge in [0, 0.05) is 42.3 Å². The van der Waals surface area contributed by atoms with E-state index in [-0.39, 0.29) is 28.6 Å². The molecule has 1 saturated heterocycles. The van der Waals surface area contributed by atoms with E-state index in [4.69, 9.17) is 4.74 Å². The average Bonchev–Trinajstić information content (AvgIpc) is 3.07. The van der Waals surface area contributed by atoms with Gasteiger partial charge in [0.05, 0.1) is 34.3 Å². The first-order valence-electron chi connectivity index (χ1n) is 15.0. The number of ether oxygens (including phenoxy) is 1. The van der Waals surface area contributed by atoms with E-state index >= 15 is 4.39 Å². The van der Waals surface area contributed by atoms with Crippen LogP contribution in [0.3, 0.4) is 0 Å². The third-order valence-electron chi connectivity index (χ3n) is 7.96. The van der Waals surface area contributed by atoms with E-state index in [2.05, 4.69) is 25.0 Å². The lowest BCUT2D eigenvalue weighted by molar-refractivity contribution is 0.132. The van der Waals surface area contributed by atoms with Crippen molar-refractivity contribution in [3.05, 3.63) is 102 Å². The minimum absolute atomic E-state index is 0.152. The van der Waals surface area contributed by atoms with E-state index in [1.165, 1.54) is 23.1 Å². The number of carboxylic acid groups (broad SMARTS) is 1. The number of likely N-dealkylation sites (tertiary alicyclic amines) is 1. The third kappa shape index (κ3) is 6.96. The van der Waals surface area contributed by atoms with Crippen molar-refractivity contribution in [3.63, 3.8) is 0 Å². The maximum Gasteiger partial charge on any atom is 0.407 e. The fraction of sp³-hybridized carbons (Fsp3) is 0.206. The zero-order chi connectivity index (χ0) is 33.8. The summed E-state index contributed by atoms with van der Waals surface area (Å²) in [6.07, 6.45) is 3.66. The maximum absolute atomic E-state index is 15.3. The van der Waals surface area contributed by atoms with Gasteiger partial charge in [0.2, 0.25) is 21.9 Å². The molecule has 1 unspecified atom stereocenters. The second kappa shape index (κ2) is 13.5. The molecule has 0 spiro atoms. The van der Waals surface area contributed by atoms with Crippen LogP contribution in [0.5, 0.6) is 11.6 Å². The van der Waals surface area contributed by atoms with Gasteiger partial charge in [-0.15, -0.1) is 0 Å². The largest absolute Gasteiger partial charge is 0.465 e. The predicted molar refractivity (Wildman–Crippen MR) is 178 cm³/mol. The van der Waals surface area contributed by atoms with Crippen molar-refractivity contribution >= 4 is 38.5 Å². The molecule has 5 aromatic rings. The molecule has 1 atom stereocenters. The summed E-state index contributed by atoms with van der Waals surface area (Å²) in [6.45, 7) is 2.60. The summed E-state index contributed by atoms with van der Waals surface area (Å²) in [5, 5.41) is 22.7. The van der Waals surface area contributed by atoms with Gasteiger partial charge in [-0.3, -0.25) is 4.72 Å². The minimum atomic E-state index is -4.13. The van der Waals surface area contributed by atoms with Crippen molar-refractivity contribution in [1.82, 2.24) is 19.9 Å². The molecule has 1 aliphatic heterocycles. The highest BCUT2D eigenvalue weighted by molar-refractivity contribution is 7.91. The van der Waals surface area contributed by atoms with Crippen molar-refractivity contribution in [2.24, 2.45) is 0 Å². The number of halogens is 1. The summed E-state index contributed by atoms with van der Waals surface area (Å²) in [5.74, 6) is -0.435. The number of aryl methyl sites for hydroxylation is 1. The lowest BCUT2D eigenvalue weighted by atomic mass is 10.0. The Hall–Kier alpha value is -5.81. The molecule has 48 heavy (non-hydrogen) atoms. The number of nitrogens with one attached hydrogen (secondary N) is 2. The van der Waals surface area contributed by atoms with Crippen LogP contribution in [0.15, 0.2) is 79.1 Å². The van der Waals surface area contributed by atoms with Crippen LogP contribution in [0.2, 0.25) is 0 Å². The number of fused-ring (bicyclic) bond motifs is 1. The number of hydrogen-bond acceptors (Lipinski definition) is 9. The van der Waals surface area contributed by atoms with Crippen molar-refractivity contribution < 1.29 is 27.4 Å². The molecule has 3 N–H and O–H groups in total. The number of rotatable bonds is 9. The highest BCUT2D eigenvalue weighted by atomic mass is 32.2. The second-order valence-electron chi connectivity index (χ2n) is 11.3. The molecule has 0 aliphatic carbocycles. The van der Waals surface area contributed by atoms with E-state index in [9.17, 15) is 23.6 Å². The molecular formula is C34H30FN7O5S. The maximum atomic E-state index is 15.3. The lowest BCUT2D eigenvalue weighted by Crippen LogP contribution is -2.44. The van der Waals surface area contributed by atoms with E-state index in [0.717, 1.165) is 18.9 Å². The quantitative estimate of drug-likeness (QED) is 0.162. The van der Waals surface area contributed by atoms with Crippen LogP contribution in [0.1, 0.15) is 29.5 Å². The number of anilines is 2. The number of carbonyl (C=O) groups is 1. The van der Waals surface area contributed by atoms with Crippen molar-refractivity contribution in [3.8, 4) is 29.0 Å². The number of nitriles is 1. The number of piperidine rings is 1. The van der Waals surface area contributed by atoms with Gasteiger partial charge in [-0.2, -0.15) is 5.26 Å². The number of benzene rings is 3. The van der Waals surface area contributed by atoms with Gasteiger partial charge in [-0.1, -0.05) is 30.3 Å². The van der Waals surface area contributed by atoms with Crippen molar-refractivity contribution in [1.29, 1.82) is 5.26 Å². The van der Waals surface area contributed by atoms with E-state index in [1.54, 1.807) is 61.8 Å². The van der Waals surface area contributed by atoms with E-state index in [1.807, 2.05) is 6.07 Å². The Morgan fingerprint density at radius 2 is 1.90 bits per heavy atom. The van der Waals surface area contributed by atoms with Crippen LogP contribution in [0.25, 0.3) is 22.0 Å². The van der Waals surface area contributed by atoms with Crippen LogP contribution in [0.4, 0.5) is 20.8 Å². The summed E-state index contributed by atoms with van der Waals surface area (Å²) in [4.78, 5) is 26.2. The van der Waals surface area contributed by atoms with Crippen LogP contribution in [-0.4, -0.2) is 58.6 Å². The third-order valence-corrected chi connectivity index (χ3v) is 9.17. The fourth-order valence-corrected chi connectivity index (χ4v) is 6.90. The Morgan fingerprint density at radius 1 is 1.08 bits per heavy atom. The monoisotopic (exact) mass is 667 g/mol. The molecule has 3 aromatic carbocycles. The summed E-state index contributed by atoms with van der Waals surface area (Å²) in [5.41, 5.74) is 1.98. The number of hydrogen-bond donors (Lipinski definition) is 3. The number of sulfonamides is 1. The Balaban J connectivity index is 1.30. The molecule has 0 bridgehead atoms. The summed E-state index contributed by atoms with van der Waals surface area (Å²) >= 11 is 0. The normalized spacial score (nSPS) is 14.7. The van der Waals surface area contributed by atoms with Crippen molar-refractivity contribution in [2.45, 2.75) is 31.6 Å². The zero-order valence-corrected chi connectivity index (χ0v) is 26.5. The van der Waals surface area contributed by atoms with Crippen LogP contribution in [-0.2, 0) is 15.8 Å². The van der Waals surface area contributed by atoms with Crippen molar-refractivity contribution in [2.75, 3.05) is 23.1 Å². The molecule has 0 saturated carbocycles. The Bertz CT molecular complexity index is 2170.